The Morgan fingerprint density at radius 3 is 1.09 bits per heavy atom. The number of hydrogen-bond acceptors (Lipinski definition) is 6. The van der Waals surface area contributed by atoms with Gasteiger partial charge in [-0.2, -0.15) is 0 Å². The van der Waals surface area contributed by atoms with Crippen LogP contribution >= 0.6 is 30.4 Å². The molecule has 0 saturated heterocycles. The minimum Gasteiger partial charge on any atom is -0.327 e. The van der Waals surface area contributed by atoms with E-state index < -0.39 is 54.0 Å². The van der Waals surface area contributed by atoms with Crippen molar-refractivity contribution in [2.45, 2.75) is 24.0 Å². The van der Waals surface area contributed by atoms with Crippen LogP contribution in [0.1, 0.15) is 6.92 Å². The van der Waals surface area contributed by atoms with E-state index in [2.05, 4.69) is 0 Å². The minimum absolute atomic E-state index is 0.312. The highest BCUT2D eigenvalue weighted by molar-refractivity contribution is 7.72. The van der Waals surface area contributed by atoms with Gasteiger partial charge in [-0.3, -0.25) is 23.2 Å². The molecule has 0 aliphatic carbocycles. The average molecular weight is 422 g/mol. The molecule has 18 heteroatoms. The molecule has 0 aromatic heterocycles. The smallest absolute Gasteiger partial charge is 0.327 e. The van der Waals surface area contributed by atoms with Crippen molar-refractivity contribution in [3.05, 3.63) is 0 Å². The van der Waals surface area contributed by atoms with Crippen molar-refractivity contribution in [3.63, 3.8) is 0 Å². The Bertz CT molecular complexity index is 505. The summed E-state index contributed by atoms with van der Waals surface area (Å²) in [6.07, 6.45) is 0. The molecule has 0 aromatic carbocycles. The van der Waals surface area contributed by atoms with E-state index in [9.17, 15) is 18.3 Å². The lowest BCUT2D eigenvalue weighted by Crippen LogP contribution is -2.47. The number of nitrogens with two attached hydrogens (primary N) is 1. The van der Waals surface area contributed by atoms with Gasteiger partial charge in [0.05, 0.1) is 0 Å². The van der Waals surface area contributed by atoms with Gasteiger partial charge in [0, 0.05) is 12.6 Å². The summed E-state index contributed by atoms with van der Waals surface area (Å²) < 4.78 is 45.5. The highest BCUT2D eigenvalue weighted by atomic mass is 31.2. The van der Waals surface area contributed by atoms with Gasteiger partial charge in [0.2, 0.25) is 11.0 Å². The van der Waals surface area contributed by atoms with E-state index in [-0.39, 0.29) is 4.90 Å². The molecule has 0 fully saturated rings. The van der Waals surface area contributed by atoms with Gasteiger partial charge in [-0.1, -0.05) is 0 Å². The predicted molar refractivity (Wildman–Crippen MR) is 76.1 cm³/mol. The molecule has 0 aliphatic rings. The zero-order chi connectivity index (χ0) is 19.0. The van der Waals surface area contributed by atoms with Crippen molar-refractivity contribution >= 4 is 30.4 Å². The highest BCUT2D eigenvalue weighted by Crippen LogP contribution is 2.68. The second-order valence-corrected chi connectivity index (χ2v) is 12.2. The Labute approximate surface area is 130 Å². The average Bonchev–Trinajstić information content (AvgIpc) is 2.04. The van der Waals surface area contributed by atoms with Crippen molar-refractivity contribution in [2.75, 3.05) is 6.54 Å². The van der Waals surface area contributed by atoms with E-state index in [4.69, 9.17) is 44.9 Å². The van der Waals surface area contributed by atoms with Crippen LogP contribution in [-0.2, 0) is 18.3 Å². The molecule has 0 bridgehead atoms. The largest absolute Gasteiger partial charge is 0.355 e. The number of hydrogen-bond donors (Lipinski definition) is 9. The zero-order valence-corrected chi connectivity index (χ0v) is 15.0. The monoisotopic (exact) mass is 422 g/mol. The molecule has 0 saturated carbocycles. The van der Waals surface area contributed by atoms with Gasteiger partial charge >= 0.3 is 30.4 Å². The van der Waals surface area contributed by atoms with Crippen LogP contribution in [0.3, 0.4) is 0 Å². The Morgan fingerprint density at radius 1 is 0.739 bits per heavy atom. The molecule has 0 amide bonds. The third-order valence-corrected chi connectivity index (χ3v) is 9.50. The Hall–Kier alpha value is 0.520. The number of rotatable bonds is 8. The molecule has 0 aromatic rings. The van der Waals surface area contributed by atoms with Crippen molar-refractivity contribution in [3.8, 4) is 0 Å². The Balaban J connectivity index is 6.52. The van der Waals surface area contributed by atoms with Gasteiger partial charge in [-0.25, -0.2) is 0 Å². The maximum absolute atomic E-state index is 11.4. The summed E-state index contributed by atoms with van der Waals surface area (Å²) in [4.78, 5) is 72.5. The van der Waals surface area contributed by atoms with E-state index in [1.54, 1.807) is 0 Å². The SMILES string of the molecule is CC(N)CN(C(P(=O)(O)O)P(=O)(O)O)C(P(=O)(O)O)P(=O)(O)O. The first-order chi connectivity index (χ1) is 9.79. The molecule has 0 radical (unpaired) electrons. The van der Waals surface area contributed by atoms with Crippen LogP contribution in [0.15, 0.2) is 0 Å². The maximum Gasteiger partial charge on any atom is 0.355 e. The van der Waals surface area contributed by atoms with Crippen LogP contribution in [0.5, 0.6) is 0 Å². The molecule has 23 heavy (non-hydrogen) atoms. The quantitative estimate of drug-likeness (QED) is 0.190. The lowest BCUT2D eigenvalue weighted by molar-refractivity contribution is 0.195. The zero-order valence-electron chi connectivity index (χ0n) is 11.5. The second-order valence-electron chi connectivity index (χ2n) is 4.72. The molecule has 0 spiro atoms. The van der Waals surface area contributed by atoms with Crippen molar-refractivity contribution in [2.24, 2.45) is 5.73 Å². The van der Waals surface area contributed by atoms with Crippen LogP contribution in [0.4, 0.5) is 0 Å². The Kier molecular flexibility index (Phi) is 7.58. The fourth-order valence-electron chi connectivity index (χ4n) is 1.81. The molecule has 10 N–H and O–H groups in total. The molecule has 0 heterocycles. The van der Waals surface area contributed by atoms with E-state index in [0.29, 0.717) is 0 Å². The molecule has 14 nitrogen and oxygen atoms in total. The summed E-state index contributed by atoms with van der Waals surface area (Å²) in [6, 6.07) is -1.20. The van der Waals surface area contributed by atoms with Gasteiger partial charge in [0.1, 0.15) is 0 Å². The van der Waals surface area contributed by atoms with Crippen LogP contribution in [0.2, 0.25) is 0 Å². The first-order valence-corrected chi connectivity index (χ1v) is 12.2. The van der Waals surface area contributed by atoms with Crippen LogP contribution in [-0.4, -0.2) is 67.7 Å². The lowest BCUT2D eigenvalue weighted by atomic mass is 10.3. The third kappa shape index (κ3) is 7.11. The van der Waals surface area contributed by atoms with E-state index in [1.165, 1.54) is 0 Å². The molecular weight excluding hydrogens is 404 g/mol. The Morgan fingerprint density at radius 2 is 0.957 bits per heavy atom. The topological polar surface area (TPSA) is 259 Å². The highest BCUT2D eigenvalue weighted by Gasteiger charge is 2.58. The number of nitrogens with zero attached hydrogens (tertiary/aromatic N) is 1. The normalized spacial score (nSPS) is 16.4. The molecule has 1 unspecified atom stereocenters. The van der Waals surface area contributed by atoms with Gasteiger partial charge in [0.15, 0.2) is 0 Å². The van der Waals surface area contributed by atoms with Crippen LogP contribution < -0.4 is 5.73 Å². The second kappa shape index (κ2) is 7.41. The van der Waals surface area contributed by atoms with Crippen molar-refractivity contribution in [1.29, 1.82) is 0 Å². The van der Waals surface area contributed by atoms with Crippen molar-refractivity contribution < 1.29 is 57.4 Å². The third-order valence-electron chi connectivity index (χ3n) is 2.30. The first-order valence-electron chi connectivity index (χ1n) is 5.51. The van der Waals surface area contributed by atoms with E-state index in [1.807, 2.05) is 0 Å². The first kappa shape index (κ1) is 23.5. The van der Waals surface area contributed by atoms with Gasteiger partial charge in [-0.05, 0) is 6.92 Å². The summed E-state index contributed by atoms with van der Waals surface area (Å²) in [5.74, 6) is 0. The maximum atomic E-state index is 11.4. The van der Waals surface area contributed by atoms with Crippen molar-refractivity contribution in [1.82, 2.24) is 4.90 Å². The molecular formula is C5H18N2O12P4. The predicted octanol–water partition coefficient (Wildman–Crippen LogP) is -2.09. The van der Waals surface area contributed by atoms with E-state index >= 15 is 0 Å². The fraction of sp³-hybridized carbons (Fsp3) is 1.00. The van der Waals surface area contributed by atoms with E-state index in [0.717, 1.165) is 6.92 Å². The van der Waals surface area contributed by atoms with Crippen LogP contribution in [0, 0.1) is 0 Å². The molecule has 1 atom stereocenters. The lowest BCUT2D eigenvalue weighted by Gasteiger charge is -2.38. The van der Waals surface area contributed by atoms with Gasteiger partial charge < -0.3 is 44.9 Å². The summed E-state index contributed by atoms with van der Waals surface area (Å²) in [5, 5.41) is 0. The van der Waals surface area contributed by atoms with Gasteiger partial charge in [-0.15, -0.1) is 0 Å². The summed E-state index contributed by atoms with van der Waals surface area (Å²) in [7, 11) is -23.1. The molecule has 0 rings (SSSR count). The molecule has 0 aliphatic heterocycles. The van der Waals surface area contributed by atoms with Gasteiger partial charge in [0.25, 0.3) is 0 Å². The standard InChI is InChI=1S/C5H18N2O12P4/c1-3(6)2-7(4(20(8,9)10)21(11,12)13)5(22(14,15)16)23(17,18)19/h3-5H,2,6H2,1H3,(H2,8,9,10)(H2,11,12,13)(H2,14,15,16)(H2,17,18,19). The summed E-state index contributed by atoms with van der Waals surface area (Å²) in [6.45, 7) is 0.0988. The fourth-order valence-corrected chi connectivity index (χ4v) is 7.82. The summed E-state index contributed by atoms with van der Waals surface area (Å²) in [5.41, 5.74) is -1.09. The van der Waals surface area contributed by atoms with Crippen LogP contribution in [0.25, 0.3) is 0 Å². The minimum atomic E-state index is -5.78. The summed E-state index contributed by atoms with van der Waals surface area (Å²) >= 11 is 0. The molecule has 140 valence electrons.